The molecule has 0 heterocycles. The third-order valence-electron chi connectivity index (χ3n) is 1.15. The third-order valence-corrected chi connectivity index (χ3v) is 1.15. The van der Waals surface area contributed by atoms with Crippen LogP contribution >= 0.6 is 0 Å². The quantitative estimate of drug-likeness (QED) is 0.620. The molecule has 0 aromatic carbocycles. The first-order valence-electron chi connectivity index (χ1n) is 4.13. The van der Waals surface area contributed by atoms with Crippen molar-refractivity contribution >= 4 is 27.3 Å². The fourth-order valence-corrected chi connectivity index (χ4v) is 0. The number of hydrogen-bond donors (Lipinski definition) is 0. The van der Waals surface area contributed by atoms with Gasteiger partial charge in [0.1, 0.15) is 0 Å². The third kappa shape index (κ3) is 44.7. The van der Waals surface area contributed by atoms with Crippen LogP contribution in [-0.2, 0) is 0 Å². The normalized spacial score (nSPS) is 8.00. The van der Waals surface area contributed by atoms with Gasteiger partial charge in [0, 0.05) is 0 Å². The van der Waals surface area contributed by atoms with E-state index in [1.165, 1.54) is 0 Å². The molecule has 2 radical (unpaired) electrons. The Labute approximate surface area is 98.0 Å². The maximum absolute atomic E-state index is 3.69. The van der Waals surface area contributed by atoms with Gasteiger partial charge in [0.25, 0.3) is 0 Å². The summed E-state index contributed by atoms with van der Waals surface area (Å²) in [5, 5.41) is 0. The fourth-order valence-electron chi connectivity index (χ4n) is 0. The maximum Gasteiger partial charge on any atom is 1.00 e. The van der Waals surface area contributed by atoms with Crippen molar-refractivity contribution in [1.82, 2.24) is 0 Å². The zero-order valence-corrected chi connectivity index (χ0v) is 13.4. The van der Waals surface area contributed by atoms with Crippen LogP contribution in [0, 0.1) is 25.7 Å². The molecule has 0 saturated carbocycles. The number of hydrogen-bond acceptors (Lipinski definition) is 0. The van der Waals surface area contributed by atoms with Gasteiger partial charge >= 0.3 is 27.3 Å². The Hall–Kier alpha value is 0.852. The largest absolute Gasteiger partial charge is 1.00 e. The monoisotopic (exact) mass is 366 g/mol. The van der Waals surface area contributed by atoms with Crippen LogP contribution in [0.3, 0.4) is 0 Å². The van der Waals surface area contributed by atoms with E-state index < -0.39 is 0 Å². The standard InChI is InChI=1S/2C5H11.FH.Tl/c2*1-4-5(2)3;;/h2*5H,1,4H2,2-3H3;1H;/q;;;+1/p-1. The molecule has 0 aromatic rings. The average Bonchev–Trinajstić information content (AvgIpc) is 1.89. The molecule has 2 heteroatoms. The van der Waals surface area contributed by atoms with Crippen molar-refractivity contribution in [2.75, 3.05) is 0 Å². The summed E-state index contributed by atoms with van der Waals surface area (Å²) < 4.78 is 0. The van der Waals surface area contributed by atoms with Crippen LogP contribution in [0.1, 0.15) is 40.5 Å². The van der Waals surface area contributed by atoms with Crippen molar-refractivity contribution in [1.29, 1.82) is 0 Å². The summed E-state index contributed by atoms with van der Waals surface area (Å²) in [4.78, 5) is 0. The first kappa shape index (κ1) is 23.0. The molecule has 0 saturated heterocycles. The molecular weight excluding hydrogens is 343 g/mol. The Balaban J connectivity index is -0.0000000457. The fraction of sp³-hybridized carbons (Fsp3) is 0.800. The summed E-state index contributed by atoms with van der Waals surface area (Å²) in [6.45, 7) is 16.0. The van der Waals surface area contributed by atoms with E-state index in [-0.39, 0.29) is 32.0 Å². The van der Waals surface area contributed by atoms with Crippen LogP contribution in [0.15, 0.2) is 0 Å². The van der Waals surface area contributed by atoms with Crippen LogP contribution in [0.5, 0.6) is 0 Å². The van der Waals surface area contributed by atoms with Crippen molar-refractivity contribution < 1.29 is 4.70 Å². The van der Waals surface area contributed by atoms with Gasteiger partial charge in [0.15, 0.2) is 0 Å². The molecule has 0 nitrogen and oxygen atoms in total. The van der Waals surface area contributed by atoms with Gasteiger partial charge in [0.05, 0.1) is 0 Å². The molecule has 0 atom stereocenters. The molecule has 12 heavy (non-hydrogen) atoms. The van der Waals surface area contributed by atoms with E-state index in [4.69, 9.17) is 0 Å². The van der Waals surface area contributed by atoms with Crippen LogP contribution in [-0.4, -0.2) is 27.3 Å². The molecule has 0 aliphatic rings. The molecule has 0 fully saturated rings. The second-order valence-electron chi connectivity index (χ2n) is 3.37. The molecule has 72 valence electrons. The molecule has 0 unspecified atom stereocenters. The minimum atomic E-state index is 0. The zero-order chi connectivity index (χ0) is 8.57. The number of rotatable bonds is 2. The minimum Gasteiger partial charge on any atom is -1.00 e. The maximum atomic E-state index is 3.69. The van der Waals surface area contributed by atoms with E-state index in [0.29, 0.717) is 0 Å². The second kappa shape index (κ2) is 17.8. The SMILES string of the molecule is [CH2]CC(C)C.[CH2]CC(C)C.[F-].[Tl+]. The van der Waals surface area contributed by atoms with Crippen molar-refractivity contribution in [2.45, 2.75) is 40.5 Å². The molecule has 0 aromatic heterocycles. The van der Waals surface area contributed by atoms with Crippen molar-refractivity contribution in [2.24, 2.45) is 11.8 Å². The molecule has 0 aliphatic carbocycles. The first-order chi connectivity index (χ1) is 4.54. The van der Waals surface area contributed by atoms with Gasteiger partial charge in [-0.25, -0.2) is 0 Å². The number of halogens is 1. The van der Waals surface area contributed by atoms with Gasteiger partial charge in [-0.1, -0.05) is 54.4 Å². The van der Waals surface area contributed by atoms with E-state index in [9.17, 15) is 0 Å². The Kier molecular flexibility index (Phi) is 34.2. The van der Waals surface area contributed by atoms with Crippen LogP contribution in [0.4, 0.5) is 0 Å². The Bertz CT molecular complexity index is 45.8. The molecule has 0 bridgehead atoms. The summed E-state index contributed by atoms with van der Waals surface area (Å²) in [5.74, 6) is 1.55. The second-order valence-corrected chi connectivity index (χ2v) is 3.37. The molecule has 0 amide bonds. The Morgan fingerprint density at radius 1 is 0.833 bits per heavy atom. The summed E-state index contributed by atoms with van der Waals surface area (Å²) >= 11 is 0. The molecule has 0 aliphatic heterocycles. The minimum absolute atomic E-state index is 0. The van der Waals surface area contributed by atoms with E-state index in [2.05, 4.69) is 41.5 Å². The van der Waals surface area contributed by atoms with Crippen LogP contribution in [0.25, 0.3) is 0 Å². The summed E-state index contributed by atoms with van der Waals surface area (Å²) in [6.07, 6.45) is 2.11. The van der Waals surface area contributed by atoms with E-state index in [1.807, 2.05) is 0 Å². The average molecular weight is 366 g/mol. The van der Waals surface area contributed by atoms with Gasteiger partial charge < -0.3 is 4.70 Å². The van der Waals surface area contributed by atoms with E-state index in [1.54, 1.807) is 0 Å². The van der Waals surface area contributed by atoms with E-state index >= 15 is 0 Å². The van der Waals surface area contributed by atoms with E-state index in [0.717, 1.165) is 24.7 Å². The van der Waals surface area contributed by atoms with Crippen molar-refractivity contribution in [3.63, 3.8) is 0 Å². The van der Waals surface area contributed by atoms with Gasteiger partial charge in [-0.3, -0.25) is 0 Å². The summed E-state index contributed by atoms with van der Waals surface area (Å²) in [7, 11) is 0. The molecule has 0 N–H and O–H groups in total. The van der Waals surface area contributed by atoms with Gasteiger partial charge in [-0.05, 0) is 11.8 Å². The van der Waals surface area contributed by atoms with Gasteiger partial charge in [-0.15, -0.1) is 0 Å². The molecular formula is C10H22FTl. The summed E-state index contributed by atoms with van der Waals surface area (Å²) in [5.41, 5.74) is 0. The van der Waals surface area contributed by atoms with Gasteiger partial charge in [0.2, 0.25) is 0 Å². The predicted octanol–water partition coefficient (Wildman–Crippen LogP) is 0.356. The van der Waals surface area contributed by atoms with Crippen LogP contribution in [0.2, 0.25) is 0 Å². The smallest absolute Gasteiger partial charge is 1.00 e. The molecule has 0 spiro atoms. The van der Waals surface area contributed by atoms with Gasteiger partial charge in [-0.2, -0.15) is 0 Å². The Morgan fingerprint density at radius 2 is 0.917 bits per heavy atom. The Morgan fingerprint density at radius 3 is 0.917 bits per heavy atom. The molecule has 0 rings (SSSR count). The van der Waals surface area contributed by atoms with Crippen molar-refractivity contribution in [3.8, 4) is 0 Å². The predicted molar refractivity (Wildman–Crippen MR) is 55.4 cm³/mol. The van der Waals surface area contributed by atoms with Crippen molar-refractivity contribution in [3.05, 3.63) is 13.8 Å². The first-order valence-corrected chi connectivity index (χ1v) is 4.13. The topological polar surface area (TPSA) is 0 Å². The van der Waals surface area contributed by atoms with Crippen LogP contribution < -0.4 is 4.70 Å². The summed E-state index contributed by atoms with van der Waals surface area (Å²) in [6, 6.07) is 0. The zero-order valence-electron chi connectivity index (χ0n) is 8.94.